The number of carbonyl (C=O) groups is 2. The molecule has 1 N–H and O–H groups in total. The number of hydrogen-bond acceptors (Lipinski definition) is 6. The summed E-state index contributed by atoms with van der Waals surface area (Å²) in [6.45, 7) is 1.79. The summed E-state index contributed by atoms with van der Waals surface area (Å²) in [5, 5.41) is 0. The maximum absolute atomic E-state index is 10.5. The number of esters is 2. The number of ether oxygens (including phenoxy) is 2. The van der Waals surface area contributed by atoms with E-state index in [1.54, 1.807) is 0 Å². The van der Waals surface area contributed by atoms with Crippen molar-refractivity contribution in [1.29, 1.82) is 0 Å². The first kappa shape index (κ1) is 18.2. The van der Waals surface area contributed by atoms with Crippen LogP contribution in [0.2, 0.25) is 0 Å². The molecular weight excluding hydrogens is 251 g/mol. The maximum atomic E-state index is 10.5. The van der Waals surface area contributed by atoms with Crippen LogP contribution in [0.3, 0.4) is 0 Å². The fourth-order valence-electron chi connectivity index (χ4n) is 0.796. The van der Waals surface area contributed by atoms with Crippen LogP contribution in [0.1, 0.15) is 13.8 Å². The fourth-order valence-corrected chi connectivity index (χ4v) is 1.43. The Morgan fingerprint density at radius 1 is 1.25 bits per heavy atom. The molecule has 0 aliphatic heterocycles. The average molecular weight is 264 g/mol. The van der Waals surface area contributed by atoms with Crippen LogP contribution in [0.5, 0.6) is 0 Å². The first-order chi connectivity index (χ1) is 6.70. The zero-order chi connectivity index (χ0) is 12.1. The van der Waals surface area contributed by atoms with Crippen molar-refractivity contribution >= 4 is 51.6 Å². The van der Waals surface area contributed by atoms with E-state index in [0.29, 0.717) is 0 Å². The van der Waals surface area contributed by atoms with E-state index >= 15 is 0 Å². The van der Waals surface area contributed by atoms with E-state index in [-0.39, 0.29) is 29.6 Å². The molecule has 1 atom stereocenters. The molecule has 0 heterocycles. The molecule has 0 radical (unpaired) electrons. The summed E-state index contributed by atoms with van der Waals surface area (Å²) in [6, 6.07) is 0. The Morgan fingerprint density at radius 3 is 2.06 bits per heavy atom. The molecule has 0 aliphatic carbocycles. The normalized spacial score (nSPS) is 12.2. The Balaban J connectivity index is 0. The zero-order valence-electron chi connectivity index (χ0n) is 8.30. The van der Waals surface area contributed by atoms with Crippen molar-refractivity contribution < 1.29 is 32.0 Å². The molecule has 0 aromatic heterocycles. The Labute approximate surface area is 116 Å². The standard InChI is InChI=1S/C7H12O7S.Na.H/c1-5(8)13-3-7(14-6(2)9)4-15(10,11)12;;/h7H,3-4H2,1-2H3,(H,10,11,12);;. The van der Waals surface area contributed by atoms with Crippen LogP contribution in [0, 0.1) is 0 Å². The Bertz CT molecular complexity index is 337. The van der Waals surface area contributed by atoms with E-state index in [0.717, 1.165) is 13.8 Å². The monoisotopic (exact) mass is 264 g/mol. The van der Waals surface area contributed by atoms with Gasteiger partial charge in [0, 0.05) is 13.8 Å². The minimum atomic E-state index is -4.29. The van der Waals surface area contributed by atoms with Crippen LogP contribution < -0.4 is 0 Å². The molecule has 0 aromatic rings. The minimum absolute atomic E-state index is 0. The first-order valence-corrected chi connectivity index (χ1v) is 5.57. The van der Waals surface area contributed by atoms with E-state index in [1.165, 1.54) is 0 Å². The molecule has 9 heteroatoms. The van der Waals surface area contributed by atoms with Gasteiger partial charge in [0.15, 0.2) is 6.10 Å². The van der Waals surface area contributed by atoms with Gasteiger partial charge in [0.1, 0.15) is 12.4 Å². The van der Waals surface area contributed by atoms with Gasteiger partial charge in [-0.25, -0.2) is 0 Å². The third-order valence-electron chi connectivity index (χ3n) is 1.20. The van der Waals surface area contributed by atoms with Crippen molar-refractivity contribution in [3.05, 3.63) is 0 Å². The van der Waals surface area contributed by atoms with E-state index in [4.69, 9.17) is 4.55 Å². The summed E-state index contributed by atoms with van der Waals surface area (Å²) in [7, 11) is -4.29. The molecule has 0 spiro atoms. The van der Waals surface area contributed by atoms with Crippen molar-refractivity contribution in [2.45, 2.75) is 20.0 Å². The molecule has 7 nitrogen and oxygen atoms in total. The van der Waals surface area contributed by atoms with Crippen LogP contribution in [-0.4, -0.2) is 72.9 Å². The van der Waals surface area contributed by atoms with Gasteiger partial charge in [-0.2, -0.15) is 8.42 Å². The summed E-state index contributed by atoms with van der Waals surface area (Å²) in [6.07, 6.45) is -1.19. The Kier molecular flexibility index (Phi) is 9.13. The molecular formula is C7H13NaO7S. The summed E-state index contributed by atoms with van der Waals surface area (Å²) >= 11 is 0. The molecule has 0 bridgehead atoms. The van der Waals surface area contributed by atoms with E-state index in [1.807, 2.05) is 0 Å². The van der Waals surface area contributed by atoms with Crippen LogP contribution in [0.25, 0.3) is 0 Å². The van der Waals surface area contributed by atoms with Gasteiger partial charge in [-0.15, -0.1) is 0 Å². The molecule has 0 saturated carbocycles. The van der Waals surface area contributed by atoms with Crippen LogP contribution in [-0.2, 0) is 29.2 Å². The van der Waals surface area contributed by atoms with Crippen molar-refractivity contribution in [1.82, 2.24) is 0 Å². The SMILES string of the molecule is CC(=O)OCC(CS(=O)(=O)O)OC(C)=O.[NaH]. The average Bonchev–Trinajstić information content (AvgIpc) is 1.95. The molecule has 0 fully saturated rings. The van der Waals surface area contributed by atoms with Gasteiger partial charge in [0.25, 0.3) is 10.1 Å². The molecule has 16 heavy (non-hydrogen) atoms. The van der Waals surface area contributed by atoms with Crippen LogP contribution in [0.15, 0.2) is 0 Å². The molecule has 0 aliphatic rings. The quantitative estimate of drug-likeness (QED) is 0.374. The zero-order valence-corrected chi connectivity index (χ0v) is 9.11. The van der Waals surface area contributed by atoms with Gasteiger partial charge >= 0.3 is 41.5 Å². The van der Waals surface area contributed by atoms with Crippen molar-refractivity contribution in [3.63, 3.8) is 0 Å². The summed E-state index contributed by atoms with van der Waals surface area (Å²) in [5.74, 6) is -2.17. The van der Waals surface area contributed by atoms with Gasteiger partial charge < -0.3 is 9.47 Å². The number of carbonyl (C=O) groups excluding carboxylic acids is 2. The van der Waals surface area contributed by atoms with E-state index in [9.17, 15) is 18.0 Å². The second-order valence-electron chi connectivity index (χ2n) is 2.78. The van der Waals surface area contributed by atoms with E-state index in [2.05, 4.69) is 9.47 Å². The first-order valence-electron chi connectivity index (χ1n) is 3.96. The van der Waals surface area contributed by atoms with Gasteiger partial charge in [-0.1, -0.05) is 0 Å². The molecule has 1 unspecified atom stereocenters. The van der Waals surface area contributed by atoms with Crippen molar-refractivity contribution in [3.8, 4) is 0 Å². The molecule has 0 amide bonds. The fraction of sp³-hybridized carbons (Fsp3) is 0.714. The predicted octanol–water partition coefficient (Wildman–Crippen LogP) is -1.28. The topological polar surface area (TPSA) is 107 Å². The number of hydrogen-bond donors (Lipinski definition) is 1. The van der Waals surface area contributed by atoms with E-state index < -0.39 is 40.5 Å². The molecule has 90 valence electrons. The second-order valence-corrected chi connectivity index (χ2v) is 4.28. The molecule has 0 aromatic carbocycles. The van der Waals surface area contributed by atoms with Gasteiger partial charge in [-0.3, -0.25) is 14.1 Å². The molecule has 0 rings (SSSR count). The van der Waals surface area contributed by atoms with Crippen molar-refractivity contribution in [2.75, 3.05) is 12.4 Å². The Hall–Kier alpha value is -0.150. The van der Waals surface area contributed by atoms with Gasteiger partial charge in [0.05, 0.1) is 0 Å². The van der Waals surface area contributed by atoms with Crippen LogP contribution in [0.4, 0.5) is 0 Å². The third-order valence-corrected chi connectivity index (χ3v) is 1.99. The van der Waals surface area contributed by atoms with Gasteiger partial charge in [-0.05, 0) is 0 Å². The van der Waals surface area contributed by atoms with Crippen LogP contribution >= 0.6 is 0 Å². The summed E-state index contributed by atoms with van der Waals surface area (Å²) in [5.41, 5.74) is 0. The molecule has 0 saturated heterocycles. The number of rotatable bonds is 5. The predicted molar refractivity (Wildman–Crippen MR) is 55.8 cm³/mol. The summed E-state index contributed by atoms with van der Waals surface area (Å²) in [4.78, 5) is 21.0. The van der Waals surface area contributed by atoms with Gasteiger partial charge in [0.2, 0.25) is 0 Å². The Morgan fingerprint density at radius 2 is 1.75 bits per heavy atom. The van der Waals surface area contributed by atoms with Crippen molar-refractivity contribution in [2.24, 2.45) is 0 Å². The summed E-state index contributed by atoms with van der Waals surface area (Å²) < 4.78 is 38.5. The third kappa shape index (κ3) is 11.9. The second kappa shape index (κ2) is 8.02.